The van der Waals surface area contributed by atoms with Crippen molar-refractivity contribution >= 4 is 0 Å². The number of hydrogen-bond acceptors (Lipinski definition) is 2. The summed E-state index contributed by atoms with van der Waals surface area (Å²) in [5, 5.41) is 4.17. The minimum absolute atomic E-state index is 0.00583. The molecule has 1 aromatic heterocycles. The van der Waals surface area contributed by atoms with Gasteiger partial charge in [-0.2, -0.15) is 5.10 Å². The van der Waals surface area contributed by atoms with Gasteiger partial charge >= 0.3 is 0 Å². The van der Waals surface area contributed by atoms with Crippen molar-refractivity contribution in [3.05, 3.63) is 30.6 Å². The summed E-state index contributed by atoms with van der Waals surface area (Å²) in [6, 6.07) is 1.92. The Labute approximate surface area is 66.5 Å². The van der Waals surface area contributed by atoms with Gasteiger partial charge in [-0.25, -0.2) is 0 Å². The molecule has 0 amide bonds. The van der Waals surface area contributed by atoms with E-state index in [9.17, 15) is 0 Å². The Bertz CT molecular complexity index is 239. The first-order valence-corrected chi connectivity index (χ1v) is 3.60. The van der Waals surface area contributed by atoms with Crippen molar-refractivity contribution in [3.8, 4) is 0 Å². The summed E-state index contributed by atoms with van der Waals surface area (Å²) >= 11 is 0. The van der Waals surface area contributed by atoms with Gasteiger partial charge in [0.1, 0.15) is 0 Å². The van der Waals surface area contributed by atoms with E-state index in [-0.39, 0.29) is 6.04 Å². The maximum Gasteiger partial charge on any atom is 0.0794 e. The first kappa shape index (κ1) is 8.01. The van der Waals surface area contributed by atoms with Crippen LogP contribution in [0, 0.1) is 0 Å². The number of aromatic nitrogens is 2. The lowest BCUT2D eigenvalue weighted by Crippen LogP contribution is -2.10. The Balaban J connectivity index is 2.67. The van der Waals surface area contributed by atoms with E-state index in [1.165, 1.54) is 0 Å². The lowest BCUT2D eigenvalue weighted by atomic mass is 10.1. The monoisotopic (exact) mass is 151 g/mol. The van der Waals surface area contributed by atoms with E-state index in [1.54, 1.807) is 10.8 Å². The van der Waals surface area contributed by atoms with Crippen molar-refractivity contribution in [1.82, 2.24) is 9.78 Å². The topological polar surface area (TPSA) is 43.8 Å². The van der Waals surface area contributed by atoms with Gasteiger partial charge < -0.3 is 5.73 Å². The molecular formula is C8H13N3. The number of aryl methyl sites for hydroxylation is 1. The van der Waals surface area contributed by atoms with Crippen LogP contribution in [0.4, 0.5) is 0 Å². The molecule has 1 unspecified atom stereocenters. The molecule has 0 spiro atoms. The summed E-state index contributed by atoms with van der Waals surface area (Å²) in [6.07, 6.45) is 4.47. The third-order valence-corrected chi connectivity index (χ3v) is 1.53. The average molecular weight is 151 g/mol. The molecule has 0 aliphatic carbocycles. The predicted octanol–water partition coefficient (Wildman–Crippen LogP) is 0.996. The van der Waals surface area contributed by atoms with E-state index in [1.807, 2.05) is 19.3 Å². The van der Waals surface area contributed by atoms with Crippen LogP contribution in [0.15, 0.2) is 24.9 Å². The van der Waals surface area contributed by atoms with Crippen LogP contribution >= 0.6 is 0 Å². The second kappa shape index (κ2) is 3.34. The van der Waals surface area contributed by atoms with Crippen LogP contribution in [-0.2, 0) is 7.05 Å². The highest BCUT2D eigenvalue weighted by molar-refractivity contribution is 5.05. The van der Waals surface area contributed by atoms with Crippen LogP contribution in [0.25, 0.3) is 0 Å². The SMILES string of the molecule is C=CCC(N)c1ccn(C)n1. The van der Waals surface area contributed by atoms with E-state index in [0.29, 0.717) is 0 Å². The van der Waals surface area contributed by atoms with Gasteiger partial charge in [-0.1, -0.05) is 6.08 Å². The quantitative estimate of drug-likeness (QED) is 0.655. The molecule has 3 nitrogen and oxygen atoms in total. The van der Waals surface area contributed by atoms with Crippen molar-refractivity contribution in [1.29, 1.82) is 0 Å². The lowest BCUT2D eigenvalue weighted by molar-refractivity contribution is 0.667. The van der Waals surface area contributed by atoms with Crippen LogP contribution in [-0.4, -0.2) is 9.78 Å². The second-order valence-electron chi connectivity index (χ2n) is 2.55. The van der Waals surface area contributed by atoms with Crippen molar-refractivity contribution in [3.63, 3.8) is 0 Å². The van der Waals surface area contributed by atoms with Gasteiger partial charge in [-0.15, -0.1) is 6.58 Å². The Morgan fingerprint density at radius 1 is 1.91 bits per heavy atom. The third kappa shape index (κ3) is 1.91. The summed E-state index contributed by atoms with van der Waals surface area (Å²) in [7, 11) is 1.88. The van der Waals surface area contributed by atoms with Crippen LogP contribution in [0.5, 0.6) is 0 Å². The number of nitrogens with zero attached hydrogens (tertiary/aromatic N) is 2. The fourth-order valence-corrected chi connectivity index (χ4v) is 0.931. The molecule has 0 saturated carbocycles. The molecule has 0 aliphatic heterocycles. The molecular weight excluding hydrogens is 138 g/mol. The van der Waals surface area contributed by atoms with Gasteiger partial charge in [-0.05, 0) is 12.5 Å². The highest BCUT2D eigenvalue weighted by Crippen LogP contribution is 2.10. The molecule has 1 rings (SSSR count). The lowest BCUT2D eigenvalue weighted by Gasteiger charge is -2.03. The molecule has 0 saturated heterocycles. The first-order valence-electron chi connectivity index (χ1n) is 3.60. The number of hydrogen-bond donors (Lipinski definition) is 1. The van der Waals surface area contributed by atoms with E-state index < -0.39 is 0 Å². The normalized spacial score (nSPS) is 12.9. The summed E-state index contributed by atoms with van der Waals surface area (Å²) in [5.74, 6) is 0. The van der Waals surface area contributed by atoms with Crippen molar-refractivity contribution in [2.75, 3.05) is 0 Å². The molecule has 11 heavy (non-hydrogen) atoms. The minimum atomic E-state index is -0.00583. The maximum absolute atomic E-state index is 5.77. The zero-order valence-corrected chi connectivity index (χ0v) is 6.70. The van der Waals surface area contributed by atoms with Crippen LogP contribution < -0.4 is 5.73 Å². The molecule has 0 radical (unpaired) electrons. The van der Waals surface area contributed by atoms with E-state index in [4.69, 9.17) is 5.73 Å². The van der Waals surface area contributed by atoms with Gasteiger partial charge in [0.2, 0.25) is 0 Å². The Kier molecular flexibility index (Phi) is 2.44. The number of rotatable bonds is 3. The zero-order valence-electron chi connectivity index (χ0n) is 6.70. The standard InChI is InChI=1S/C8H13N3/c1-3-4-7(9)8-5-6-11(2)10-8/h3,5-7H,1,4,9H2,2H3. The molecule has 0 bridgehead atoms. The highest BCUT2D eigenvalue weighted by Gasteiger charge is 2.05. The molecule has 0 aromatic carbocycles. The van der Waals surface area contributed by atoms with E-state index in [0.717, 1.165) is 12.1 Å². The molecule has 0 fully saturated rings. The van der Waals surface area contributed by atoms with Gasteiger partial charge in [0.25, 0.3) is 0 Å². The van der Waals surface area contributed by atoms with Crippen LogP contribution in [0.3, 0.4) is 0 Å². The summed E-state index contributed by atoms with van der Waals surface area (Å²) in [5.41, 5.74) is 6.70. The summed E-state index contributed by atoms with van der Waals surface area (Å²) in [6.45, 7) is 3.62. The van der Waals surface area contributed by atoms with Gasteiger partial charge in [0.05, 0.1) is 11.7 Å². The molecule has 2 N–H and O–H groups in total. The zero-order chi connectivity index (χ0) is 8.27. The fraction of sp³-hybridized carbons (Fsp3) is 0.375. The van der Waals surface area contributed by atoms with Crippen molar-refractivity contribution < 1.29 is 0 Å². The number of nitrogens with two attached hydrogens (primary N) is 1. The van der Waals surface area contributed by atoms with Crippen LogP contribution in [0.1, 0.15) is 18.2 Å². The van der Waals surface area contributed by atoms with Gasteiger partial charge in [-0.3, -0.25) is 4.68 Å². The first-order chi connectivity index (χ1) is 5.24. The summed E-state index contributed by atoms with van der Waals surface area (Å²) < 4.78 is 1.75. The second-order valence-corrected chi connectivity index (χ2v) is 2.55. The van der Waals surface area contributed by atoms with Crippen molar-refractivity contribution in [2.24, 2.45) is 12.8 Å². The fourth-order valence-electron chi connectivity index (χ4n) is 0.931. The third-order valence-electron chi connectivity index (χ3n) is 1.53. The van der Waals surface area contributed by atoms with Gasteiger partial charge in [0, 0.05) is 13.2 Å². The molecule has 0 aliphatic rings. The maximum atomic E-state index is 5.77. The molecule has 1 atom stereocenters. The Morgan fingerprint density at radius 2 is 2.64 bits per heavy atom. The van der Waals surface area contributed by atoms with E-state index in [2.05, 4.69) is 11.7 Å². The van der Waals surface area contributed by atoms with E-state index >= 15 is 0 Å². The largest absolute Gasteiger partial charge is 0.322 e. The molecule has 60 valence electrons. The molecule has 1 heterocycles. The smallest absolute Gasteiger partial charge is 0.0794 e. The molecule has 1 aromatic rings. The minimum Gasteiger partial charge on any atom is -0.322 e. The highest BCUT2D eigenvalue weighted by atomic mass is 15.3. The van der Waals surface area contributed by atoms with Crippen LogP contribution in [0.2, 0.25) is 0 Å². The predicted molar refractivity (Wildman–Crippen MR) is 45.0 cm³/mol. The van der Waals surface area contributed by atoms with Crippen molar-refractivity contribution in [2.45, 2.75) is 12.5 Å². The average Bonchev–Trinajstić information content (AvgIpc) is 2.36. The Morgan fingerprint density at radius 3 is 3.09 bits per heavy atom. The van der Waals surface area contributed by atoms with Gasteiger partial charge in [0.15, 0.2) is 0 Å². The molecule has 3 heteroatoms. The summed E-state index contributed by atoms with van der Waals surface area (Å²) in [4.78, 5) is 0. The Hall–Kier alpha value is -1.09.